The Morgan fingerprint density at radius 3 is 1.40 bits per heavy atom. The summed E-state index contributed by atoms with van der Waals surface area (Å²) in [5.74, 6) is 0.578. The molecule has 0 aliphatic carbocycles. The minimum absolute atomic E-state index is 0. The first-order chi connectivity index (χ1) is 11.7. The van der Waals surface area contributed by atoms with E-state index in [1.165, 1.54) is 0 Å². The minimum Gasteiger partial charge on any atom is -0.507 e. The normalized spacial score (nSPS) is 10.3. The Balaban J connectivity index is 0.000000443. The van der Waals surface area contributed by atoms with E-state index in [4.69, 9.17) is 0 Å². The van der Waals surface area contributed by atoms with Crippen molar-refractivity contribution >= 4 is 12.4 Å². The van der Waals surface area contributed by atoms with Gasteiger partial charge in [0, 0.05) is 53.1 Å². The van der Waals surface area contributed by atoms with Crippen molar-refractivity contribution in [3.63, 3.8) is 0 Å². The van der Waals surface area contributed by atoms with Crippen LogP contribution in [-0.4, -0.2) is 35.7 Å². The molecule has 0 heterocycles. The fourth-order valence-corrected chi connectivity index (χ4v) is 1.78. The van der Waals surface area contributed by atoms with Gasteiger partial charge in [-0.25, -0.2) is 0 Å². The zero-order valence-electron chi connectivity index (χ0n) is 14.7. The molecule has 0 aliphatic rings. The third-order valence-electron chi connectivity index (χ3n) is 3.04. The Morgan fingerprint density at radius 1 is 0.720 bits per heavy atom. The van der Waals surface area contributed by atoms with Crippen molar-refractivity contribution in [2.24, 2.45) is 9.98 Å². The van der Waals surface area contributed by atoms with Gasteiger partial charge >= 0.3 is 0 Å². The molecule has 0 saturated heterocycles. The zero-order valence-corrected chi connectivity index (χ0v) is 15.7. The van der Waals surface area contributed by atoms with Crippen LogP contribution in [0.25, 0.3) is 0 Å². The van der Waals surface area contributed by atoms with Gasteiger partial charge in [0.1, 0.15) is 11.5 Å². The summed E-state index contributed by atoms with van der Waals surface area (Å²) in [5.41, 5.74) is 1.57. The van der Waals surface area contributed by atoms with E-state index in [9.17, 15) is 10.2 Å². The Kier molecular flexibility index (Phi) is 13.0. The summed E-state index contributed by atoms with van der Waals surface area (Å²) in [4.78, 5) is 8.27. The van der Waals surface area contributed by atoms with Gasteiger partial charge in [-0.1, -0.05) is 38.1 Å². The van der Waals surface area contributed by atoms with Gasteiger partial charge in [-0.05, 0) is 37.1 Å². The van der Waals surface area contributed by atoms with E-state index < -0.39 is 0 Å². The molecule has 0 radical (unpaired) electrons. The molecule has 0 amide bonds. The summed E-state index contributed by atoms with van der Waals surface area (Å²) in [7, 11) is 0. The molecule has 0 fully saturated rings. The Labute approximate surface area is 160 Å². The van der Waals surface area contributed by atoms with Crippen LogP contribution in [0.1, 0.15) is 37.8 Å². The van der Waals surface area contributed by atoms with Crippen LogP contribution in [0.2, 0.25) is 0 Å². The number of phenols is 2. The first-order valence-corrected chi connectivity index (χ1v) is 8.24. The molecule has 0 unspecified atom stereocenters. The van der Waals surface area contributed by atoms with Crippen LogP contribution in [0.3, 0.4) is 0 Å². The molecule has 0 atom stereocenters. The number of aromatic hydroxyl groups is 2. The number of hydrogen-bond acceptors (Lipinski definition) is 4. The Bertz CT molecular complexity index is 600. The van der Waals surface area contributed by atoms with Gasteiger partial charge < -0.3 is 10.2 Å². The van der Waals surface area contributed by atoms with Crippen molar-refractivity contribution in [1.29, 1.82) is 0 Å². The van der Waals surface area contributed by atoms with Gasteiger partial charge in [0.15, 0.2) is 0 Å². The maximum atomic E-state index is 9.32. The van der Waals surface area contributed by atoms with Gasteiger partial charge in [-0.2, -0.15) is 0 Å². The third kappa shape index (κ3) is 9.68. The van der Waals surface area contributed by atoms with Crippen LogP contribution in [-0.2, 0) is 16.5 Å². The van der Waals surface area contributed by atoms with Gasteiger partial charge in [0.25, 0.3) is 0 Å². The van der Waals surface area contributed by atoms with E-state index in [-0.39, 0.29) is 28.0 Å². The van der Waals surface area contributed by atoms with Crippen molar-refractivity contribution in [1.82, 2.24) is 0 Å². The van der Waals surface area contributed by atoms with E-state index in [1.807, 2.05) is 24.3 Å². The first kappa shape index (κ1) is 22.9. The molecule has 0 spiro atoms. The largest absolute Gasteiger partial charge is 0.507 e. The Hall–Kier alpha value is -2.13. The van der Waals surface area contributed by atoms with Crippen LogP contribution in [0.5, 0.6) is 11.5 Å². The first-order valence-electron chi connectivity index (χ1n) is 8.24. The van der Waals surface area contributed by atoms with Crippen LogP contribution in [0.15, 0.2) is 58.5 Å². The molecule has 5 heteroatoms. The quantitative estimate of drug-likeness (QED) is 0.571. The fraction of sp³-hybridized carbons (Fsp3) is 0.300. The van der Waals surface area contributed by atoms with Gasteiger partial charge in [0.05, 0.1) is 0 Å². The number of phenolic OH excluding ortho intramolecular Hbond substituents is 2. The second-order valence-corrected chi connectivity index (χ2v) is 5.19. The van der Waals surface area contributed by atoms with Gasteiger partial charge in [0.2, 0.25) is 0 Å². The van der Waals surface area contributed by atoms with Crippen molar-refractivity contribution in [3.05, 3.63) is 59.7 Å². The summed E-state index contributed by atoms with van der Waals surface area (Å²) in [6.45, 7) is 5.77. The topological polar surface area (TPSA) is 65.2 Å². The molecule has 2 aromatic rings. The van der Waals surface area contributed by atoms with Crippen LogP contribution < -0.4 is 0 Å². The second-order valence-electron chi connectivity index (χ2n) is 5.19. The molecule has 4 nitrogen and oxygen atoms in total. The van der Waals surface area contributed by atoms with Crippen molar-refractivity contribution < 1.29 is 26.7 Å². The molecule has 2 N–H and O–H groups in total. The molecule has 2 rings (SSSR count). The molecular weight excluding hydrogens is 359 g/mol. The van der Waals surface area contributed by atoms with Gasteiger partial charge in [-0.15, -0.1) is 0 Å². The zero-order chi connectivity index (χ0) is 17.6. The number of rotatable bonds is 6. The summed E-state index contributed by atoms with van der Waals surface area (Å²) < 4.78 is 0. The predicted octanol–water partition coefficient (Wildman–Crippen LogP) is 4.44. The van der Waals surface area contributed by atoms with E-state index in [1.54, 1.807) is 36.7 Å². The smallest absolute Gasteiger partial charge is 0.124 e. The number of nitrogens with zero attached hydrogens (tertiary/aromatic N) is 2. The predicted molar refractivity (Wildman–Crippen MR) is 102 cm³/mol. The molecule has 2 aromatic carbocycles. The molecule has 0 saturated carbocycles. The maximum Gasteiger partial charge on any atom is 0.124 e. The molecule has 0 bridgehead atoms. The van der Waals surface area contributed by atoms with Crippen molar-refractivity contribution in [2.75, 3.05) is 13.1 Å². The van der Waals surface area contributed by atoms with Crippen LogP contribution >= 0.6 is 0 Å². The fourth-order valence-electron chi connectivity index (χ4n) is 1.78. The van der Waals surface area contributed by atoms with Crippen molar-refractivity contribution in [2.45, 2.75) is 26.7 Å². The summed E-state index contributed by atoms with van der Waals surface area (Å²) >= 11 is 0. The molecule has 0 aliphatic heterocycles. The number of aliphatic imine (C=N–C) groups is 2. The van der Waals surface area contributed by atoms with E-state index in [2.05, 4.69) is 23.8 Å². The molecule has 0 aromatic heterocycles. The van der Waals surface area contributed by atoms with Gasteiger partial charge in [-0.3, -0.25) is 9.98 Å². The number of para-hydroxylation sites is 2. The Morgan fingerprint density at radius 2 is 1.08 bits per heavy atom. The van der Waals surface area contributed by atoms with E-state index in [0.29, 0.717) is 0 Å². The second kappa shape index (κ2) is 14.2. The van der Waals surface area contributed by atoms with Crippen molar-refractivity contribution in [3.8, 4) is 11.5 Å². The average molecular weight is 385 g/mol. The van der Waals surface area contributed by atoms with E-state index in [0.717, 1.165) is 37.1 Å². The number of hydrogen-bond donors (Lipinski definition) is 2. The maximum absolute atomic E-state index is 9.32. The van der Waals surface area contributed by atoms with Crippen LogP contribution in [0.4, 0.5) is 0 Å². The monoisotopic (exact) mass is 384 g/mol. The molecule has 25 heavy (non-hydrogen) atoms. The number of benzene rings is 2. The SMILES string of the molecule is CCCN=Cc1ccccc1O.CCCN=Cc1ccccc1O.[Ni]. The average Bonchev–Trinajstić information content (AvgIpc) is 2.59. The summed E-state index contributed by atoms with van der Waals surface area (Å²) in [6, 6.07) is 14.4. The standard InChI is InChI=1S/2C10H13NO.Ni/c2*1-2-7-11-8-9-5-3-4-6-10(9)12;/h2*3-6,8,12H,2,7H2,1H3;. The third-order valence-corrected chi connectivity index (χ3v) is 3.04. The molecule has 138 valence electrons. The van der Waals surface area contributed by atoms with E-state index >= 15 is 0 Å². The van der Waals surface area contributed by atoms with Crippen LogP contribution in [0, 0.1) is 0 Å². The summed E-state index contributed by atoms with van der Waals surface area (Å²) in [5, 5.41) is 18.6. The summed E-state index contributed by atoms with van der Waals surface area (Å²) in [6.07, 6.45) is 5.48. The minimum atomic E-state index is 0. The molecular formula is C20H26N2NiO2.